The number of nitrogens with zero attached hydrogens (tertiary/aromatic N) is 1. The van der Waals surface area contributed by atoms with E-state index in [2.05, 4.69) is 15.6 Å². The monoisotopic (exact) mass is 427 g/mol. The van der Waals surface area contributed by atoms with Crippen LogP contribution in [-0.4, -0.2) is 45.5 Å². The highest BCUT2D eigenvalue weighted by Gasteiger charge is 2.41. The predicted molar refractivity (Wildman–Crippen MR) is 95.9 cm³/mol. The van der Waals surface area contributed by atoms with Gasteiger partial charge in [0.05, 0.1) is 11.5 Å². The summed E-state index contributed by atoms with van der Waals surface area (Å²) in [7, 11) is -1.08. The van der Waals surface area contributed by atoms with E-state index in [1.165, 1.54) is 25.7 Å². The molecule has 1 unspecified atom stereocenters. The van der Waals surface area contributed by atoms with Gasteiger partial charge in [-0.25, -0.2) is 8.42 Å². The third-order valence-corrected chi connectivity index (χ3v) is 6.53. The number of nitrogens with one attached hydrogen (secondary N) is 2. The topological polar surface area (TPSA) is 70.6 Å². The van der Waals surface area contributed by atoms with Crippen molar-refractivity contribution in [2.75, 3.05) is 25.1 Å². The van der Waals surface area contributed by atoms with Crippen LogP contribution in [-0.2, 0) is 9.84 Å². The molecule has 1 heterocycles. The minimum absolute atomic E-state index is 0. The third kappa shape index (κ3) is 4.97. The Morgan fingerprint density at radius 2 is 1.81 bits per heavy atom. The Bertz CT molecular complexity index is 474. The summed E-state index contributed by atoms with van der Waals surface area (Å²) in [5, 5.41) is 6.67. The summed E-state index contributed by atoms with van der Waals surface area (Å²) in [6.45, 7) is 0.981. The van der Waals surface area contributed by atoms with E-state index in [0.29, 0.717) is 12.2 Å². The van der Waals surface area contributed by atoms with Crippen LogP contribution in [0.5, 0.6) is 0 Å². The van der Waals surface area contributed by atoms with Gasteiger partial charge in [-0.05, 0) is 49.9 Å². The van der Waals surface area contributed by atoms with Gasteiger partial charge >= 0.3 is 0 Å². The van der Waals surface area contributed by atoms with Gasteiger partial charge in [0.1, 0.15) is 0 Å². The molecule has 2 aliphatic carbocycles. The summed E-state index contributed by atoms with van der Waals surface area (Å²) < 4.78 is 22.9. The Hall–Kier alpha value is -0.0500. The molecule has 0 aromatic carbocycles. The number of aliphatic imine (C=N–C) groups is 1. The van der Waals surface area contributed by atoms with E-state index in [1.54, 1.807) is 7.05 Å². The highest BCUT2D eigenvalue weighted by molar-refractivity contribution is 14.0. The minimum atomic E-state index is -2.83. The van der Waals surface area contributed by atoms with Crippen LogP contribution in [0.4, 0.5) is 0 Å². The van der Waals surface area contributed by atoms with Crippen molar-refractivity contribution in [1.29, 1.82) is 0 Å². The second kappa shape index (κ2) is 7.02. The molecular formula is C14H26IN3O2S. The van der Waals surface area contributed by atoms with Gasteiger partial charge < -0.3 is 10.6 Å². The van der Waals surface area contributed by atoms with E-state index in [4.69, 9.17) is 0 Å². The maximum atomic E-state index is 11.5. The molecule has 3 rings (SSSR count). The van der Waals surface area contributed by atoms with Crippen LogP contribution in [0.2, 0.25) is 0 Å². The fraction of sp³-hybridized carbons (Fsp3) is 0.929. The van der Waals surface area contributed by atoms with Crippen molar-refractivity contribution in [3.05, 3.63) is 0 Å². The molecule has 21 heavy (non-hydrogen) atoms. The average Bonchev–Trinajstić information content (AvgIpc) is 3.28. The Morgan fingerprint density at radius 3 is 2.24 bits per heavy atom. The molecule has 0 bridgehead atoms. The van der Waals surface area contributed by atoms with Crippen LogP contribution < -0.4 is 10.6 Å². The maximum Gasteiger partial charge on any atom is 0.191 e. The molecule has 1 atom stereocenters. The van der Waals surface area contributed by atoms with Gasteiger partial charge in [0.2, 0.25) is 0 Å². The number of sulfone groups is 1. The number of hydrogen-bond donors (Lipinski definition) is 2. The first-order chi connectivity index (χ1) is 9.57. The molecule has 0 radical (unpaired) electrons. The zero-order valence-corrected chi connectivity index (χ0v) is 15.7. The first-order valence-corrected chi connectivity index (χ1v) is 9.57. The SMILES string of the molecule is CN=C(NCC(C1CC1)C1CC1)NC1CCS(=O)(=O)C1.I. The standard InChI is InChI=1S/C14H25N3O2S.HI/c1-15-14(17-12-6-7-20(18,19)9-12)16-8-13(10-2-3-10)11-4-5-11;/h10-13H,2-9H2,1H3,(H2,15,16,17);1H. The van der Waals surface area contributed by atoms with Crippen molar-refractivity contribution in [3.8, 4) is 0 Å². The summed E-state index contributed by atoms with van der Waals surface area (Å²) >= 11 is 0. The Balaban J connectivity index is 0.00000161. The molecule has 0 aromatic heterocycles. The second-order valence-corrected chi connectivity index (χ2v) is 8.76. The molecule has 0 amide bonds. The number of rotatable bonds is 5. The molecule has 2 N–H and O–H groups in total. The lowest BCUT2D eigenvalue weighted by Gasteiger charge is -2.20. The third-order valence-electron chi connectivity index (χ3n) is 4.76. The van der Waals surface area contributed by atoms with Gasteiger partial charge in [0, 0.05) is 19.6 Å². The first-order valence-electron chi connectivity index (χ1n) is 7.75. The van der Waals surface area contributed by atoms with Crippen LogP contribution in [0.1, 0.15) is 32.1 Å². The molecule has 1 saturated heterocycles. The zero-order valence-electron chi connectivity index (χ0n) is 12.5. The summed E-state index contributed by atoms with van der Waals surface area (Å²) in [5.41, 5.74) is 0. The second-order valence-electron chi connectivity index (χ2n) is 6.54. The summed E-state index contributed by atoms with van der Waals surface area (Å²) in [4.78, 5) is 4.23. The number of guanidine groups is 1. The van der Waals surface area contributed by atoms with E-state index in [1.807, 2.05) is 0 Å². The molecule has 5 nitrogen and oxygen atoms in total. The summed E-state index contributed by atoms with van der Waals surface area (Å²) in [6.07, 6.45) is 6.23. The Morgan fingerprint density at radius 1 is 1.19 bits per heavy atom. The lowest BCUT2D eigenvalue weighted by atomic mass is 9.98. The Kier molecular flexibility index (Phi) is 5.78. The van der Waals surface area contributed by atoms with Gasteiger partial charge in [0.25, 0.3) is 0 Å². The smallest absolute Gasteiger partial charge is 0.191 e. The van der Waals surface area contributed by atoms with Crippen LogP contribution >= 0.6 is 24.0 Å². The largest absolute Gasteiger partial charge is 0.356 e. The first kappa shape index (κ1) is 17.3. The molecular weight excluding hydrogens is 401 g/mol. The molecule has 1 aliphatic heterocycles. The Labute approximate surface area is 144 Å². The van der Waals surface area contributed by atoms with E-state index >= 15 is 0 Å². The molecule has 3 fully saturated rings. The lowest BCUT2D eigenvalue weighted by molar-refractivity contribution is 0.399. The van der Waals surface area contributed by atoms with Crippen molar-refractivity contribution >= 4 is 39.8 Å². The van der Waals surface area contributed by atoms with E-state index < -0.39 is 9.84 Å². The molecule has 122 valence electrons. The van der Waals surface area contributed by atoms with E-state index in [0.717, 1.165) is 30.3 Å². The van der Waals surface area contributed by atoms with Crippen molar-refractivity contribution in [2.24, 2.45) is 22.7 Å². The average molecular weight is 427 g/mol. The molecule has 7 heteroatoms. The van der Waals surface area contributed by atoms with E-state index in [9.17, 15) is 8.42 Å². The van der Waals surface area contributed by atoms with Crippen LogP contribution in [0, 0.1) is 17.8 Å². The van der Waals surface area contributed by atoms with Crippen LogP contribution in [0.25, 0.3) is 0 Å². The number of hydrogen-bond acceptors (Lipinski definition) is 3. The van der Waals surface area contributed by atoms with E-state index in [-0.39, 0.29) is 35.8 Å². The summed E-state index contributed by atoms with van der Waals surface area (Å²) in [6, 6.07) is 0.0199. The van der Waals surface area contributed by atoms with Gasteiger partial charge in [-0.1, -0.05) is 0 Å². The zero-order chi connectivity index (χ0) is 14.2. The lowest BCUT2D eigenvalue weighted by Crippen LogP contribution is -2.45. The van der Waals surface area contributed by atoms with Gasteiger partial charge in [0.15, 0.2) is 15.8 Å². The minimum Gasteiger partial charge on any atom is -0.356 e. The molecule has 0 spiro atoms. The molecule has 3 aliphatic rings. The predicted octanol–water partition coefficient (Wildman–Crippen LogP) is 1.39. The quantitative estimate of drug-likeness (QED) is 0.395. The van der Waals surface area contributed by atoms with Crippen LogP contribution in [0.3, 0.4) is 0 Å². The fourth-order valence-electron chi connectivity index (χ4n) is 3.28. The van der Waals surface area contributed by atoms with Crippen molar-refractivity contribution in [1.82, 2.24) is 10.6 Å². The normalized spacial score (nSPS) is 28.3. The molecule has 2 saturated carbocycles. The number of halogens is 1. The van der Waals surface area contributed by atoms with Crippen molar-refractivity contribution in [2.45, 2.75) is 38.1 Å². The fourth-order valence-corrected chi connectivity index (χ4v) is 4.95. The summed E-state index contributed by atoms with van der Waals surface area (Å²) in [5.74, 6) is 3.93. The highest BCUT2D eigenvalue weighted by atomic mass is 127. The van der Waals surface area contributed by atoms with Crippen molar-refractivity contribution in [3.63, 3.8) is 0 Å². The van der Waals surface area contributed by atoms with Gasteiger partial charge in [-0.15, -0.1) is 24.0 Å². The van der Waals surface area contributed by atoms with Gasteiger partial charge in [-0.2, -0.15) is 0 Å². The molecule has 0 aromatic rings. The van der Waals surface area contributed by atoms with Crippen molar-refractivity contribution < 1.29 is 8.42 Å². The maximum absolute atomic E-state index is 11.5. The van der Waals surface area contributed by atoms with Gasteiger partial charge in [-0.3, -0.25) is 4.99 Å². The highest BCUT2D eigenvalue weighted by Crippen LogP contribution is 2.48. The van der Waals surface area contributed by atoms with Crippen LogP contribution in [0.15, 0.2) is 4.99 Å².